The fourth-order valence-electron chi connectivity index (χ4n) is 1.69. The Morgan fingerprint density at radius 3 is 2.33 bits per heavy atom. The zero-order valence-corrected chi connectivity index (χ0v) is 13.3. The summed E-state index contributed by atoms with van der Waals surface area (Å²) in [5.41, 5.74) is 0.954. The van der Waals surface area contributed by atoms with Crippen molar-refractivity contribution in [3.8, 4) is 6.07 Å². The number of anilines is 1. The molecule has 0 aliphatic heterocycles. The SMILES string of the molecule is CCC(C)CS(=O)(=O)C(C)C(=O)Nc1ccc(C#N)cc1. The second-order valence-corrected chi connectivity index (χ2v) is 7.53. The lowest BCUT2D eigenvalue weighted by atomic mass is 10.2. The summed E-state index contributed by atoms with van der Waals surface area (Å²) in [6.45, 7) is 5.17. The predicted molar refractivity (Wildman–Crippen MR) is 82.5 cm³/mol. The topological polar surface area (TPSA) is 87.0 Å². The van der Waals surface area contributed by atoms with E-state index in [1.165, 1.54) is 6.92 Å². The summed E-state index contributed by atoms with van der Waals surface area (Å²) < 4.78 is 24.3. The van der Waals surface area contributed by atoms with Crippen LogP contribution in [0.25, 0.3) is 0 Å². The van der Waals surface area contributed by atoms with Gasteiger partial charge in [-0.3, -0.25) is 4.79 Å². The van der Waals surface area contributed by atoms with Crippen molar-refractivity contribution in [1.82, 2.24) is 0 Å². The monoisotopic (exact) mass is 308 g/mol. The summed E-state index contributed by atoms with van der Waals surface area (Å²) in [5.74, 6) is -0.519. The Hall–Kier alpha value is -1.87. The molecule has 0 saturated carbocycles. The van der Waals surface area contributed by atoms with Gasteiger partial charge in [0.15, 0.2) is 9.84 Å². The molecular weight excluding hydrogens is 288 g/mol. The number of carbonyl (C=O) groups is 1. The number of nitrogens with zero attached hydrogens (tertiary/aromatic N) is 1. The summed E-state index contributed by atoms with van der Waals surface area (Å²) in [6.07, 6.45) is 0.753. The van der Waals surface area contributed by atoms with Crippen LogP contribution in [-0.4, -0.2) is 25.3 Å². The molecule has 21 heavy (non-hydrogen) atoms. The highest BCUT2D eigenvalue weighted by Crippen LogP contribution is 2.14. The Balaban J connectivity index is 2.76. The molecule has 2 atom stereocenters. The average molecular weight is 308 g/mol. The van der Waals surface area contributed by atoms with Gasteiger partial charge in [0.2, 0.25) is 5.91 Å². The number of sulfone groups is 1. The minimum Gasteiger partial charge on any atom is -0.325 e. The van der Waals surface area contributed by atoms with Crippen LogP contribution in [0.3, 0.4) is 0 Å². The van der Waals surface area contributed by atoms with Crippen molar-refractivity contribution in [2.45, 2.75) is 32.4 Å². The lowest BCUT2D eigenvalue weighted by Gasteiger charge is -2.15. The largest absolute Gasteiger partial charge is 0.325 e. The molecule has 0 aromatic heterocycles. The van der Waals surface area contributed by atoms with Crippen LogP contribution in [0.5, 0.6) is 0 Å². The highest BCUT2D eigenvalue weighted by molar-refractivity contribution is 7.92. The summed E-state index contributed by atoms with van der Waals surface area (Å²) in [7, 11) is -3.47. The molecule has 0 saturated heterocycles. The van der Waals surface area contributed by atoms with E-state index in [4.69, 9.17) is 5.26 Å². The molecule has 0 aliphatic rings. The van der Waals surface area contributed by atoms with Gasteiger partial charge in [-0.05, 0) is 37.1 Å². The van der Waals surface area contributed by atoms with Gasteiger partial charge in [0.25, 0.3) is 0 Å². The van der Waals surface area contributed by atoms with Crippen LogP contribution in [0.1, 0.15) is 32.8 Å². The van der Waals surface area contributed by atoms with E-state index in [9.17, 15) is 13.2 Å². The molecule has 0 aliphatic carbocycles. The highest BCUT2D eigenvalue weighted by Gasteiger charge is 2.29. The Bertz CT molecular complexity index is 630. The van der Waals surface area contributed by atoms with E-state index in [0.717, 1.165) is 6.42 Å². The third kappa shape index (κ3) is 4.87. The molecule has 1 rings (SSSR count). The first kappa shape index (κ1) is 17.2. The maximum atomic E-state index is 12.1. The van der Waals surface area contributed by atoms with E-state index in [1.807, 2.05) is 19.9 Å². The second kappa shape index (κ2) is 7.23. The summed E-state index contributed by atoms with van der Waals surface area (Å²) in [5, 5.41) is 10.2. The Labute approximate surface area is 125 Å². The fraction of sp³-hybridized carbons (Fsp3) is 0.467. The average Bonchev–Trinajstić information content (AvgIpc) is 2.46. The van der Waals surface area contributed by atoms with Gasteiger partial charge in [0, 0.05) is 5.69 Å². The molecule has 0 bridgehead atoms. The second-order valence-electron chi connectivity index (χ2n) is 5.16. The fourth-order valence-corrected chi connectivity index (χ4v) is 3.40. The van der Waals surface area contributed by atoms with Crippen molar-refractivity contribution in [2.75, 3.05) is 11.1 Å². The van der Waals surface area contributed by atoms with Gasteiger partial charge in [-0.15, -0.1) is 0 Å². The van der Waals surface area contributed by atoms with Crippen molar-refractivity contribution in [3.05, 3.63) is 29.8 Å². The molecule has 0 radical (unpaired) electrons. The molecular formula is C15H20N2O3S. The standard InChI is InChI=1S/C15H20N2O3S/c1-4-11(2)10-21(19,20)12(3)15(18)17-14-7-5-13(9-16)6-8-14/h5-8,11-12H,4,10H2,1-3H3,(H,17,18). The maximum Gasteiger partial charge on any atom is 0.242 e. The molecule has 1 N–H and O–H groups in total. The van der Waals surface area contributed by atoms with Crippen molar-refractivity contribution in [1.29, 1.82) is 5.26 Å². The quantitative estimate of drug-likeness (QED) is 0.874. The number of amides is 1. The van der Waals surface area contributed by atoms with Crippen LogP contribution in [0.2, 0.25) is 0 Å². The van der Waals surface area contributed by atoms with Crippen molar-refractivity contribution >= 4 is 21.4 Å². The maximum absolute atomic E-state index is 12.1. The molecule has 1 aromatic rings. The third-order valence-electron chi connectivity index (χ3n) is 3.40. The molecule has 2 unspecified atom stereocenters. The number of nitriles is 1. The molecule has 6 heteroatoms. The third-order valence-corrected chi connectivity index (χ3v) is 5.73. The van der Waals surface area contributed by atoms with Crippen LogP contribution in [-0.2, 0) is 14.6 Å². The molecule has 1 amide bonds. The first-order valence-corrected chi connectivity index (χ1v) is 8.54. The Morgan fingerprint density at radius 1 is 1.29 bits per heavy atom. The van der Waals surface area contributed by atoms with Crippen molar-refractivity contribution in [2.24, 2.45) is 5.92 Å². The van der Waals surface area contributed by atoms with E-state index in [-0.39, 0.29) is 11.7 Å². The van der Waals surface area contributed by atoms with E-state index < -0.39 is 21.0 Å². The van der Waals surface area contributed by atoms with Crippen molar-refractivity contribution < 1.29 is 13.2 Å². The minimum atomic E-state index is -3.47. The van der Waals surface area contributed by atoms with Crippen LogP contribution >= 0.6 is 0 Å². The van der Waals surface area contributed by atoms with Gasteiger partial charge in [0.05, 0.1) is 17.4 Å². The first-order valence-electron chi connectivity index (χ1n) is 6.82. The van der Waals surface area contributed by atoms with Gasteiger partial charge in [-0.25, -0.2) is 8.42 Å². The first-order chi connectivity index (χ1) is 9.80. The zero-order chi connectivity index (χ0) is 16.0. The van der Waals surface area contributed by atoms with Gasteiger partial charge in [-0.2, -0.15) is 5.26 Å². The van der Waals surface area contributed by atoms with Gasteiger partial charge >= 0.3 is 0 Å². The molecule has 0 fully saturated rings. The number of carbonyl (C=O) groups excluding carboxylic acids is 1. The van der Waals surface area contributed by atoms with Crippen LogP contribution in [0.4, 0.5) is 5.69 Å². The zero-order valence-electron chi connectivity index (χ0n) is 12.5. The molecule has 114 valence electrons. The summed E-state index contributed by atoms with van der Waals surface area (Å²) in [4.78, 5) is 12.0. The van der Waals surface area contributed by atoms with E-state index in [1.54, 1.807) is 24.3 Å². The molecule has 0 spiro atoms. The van der Waals surface area contributed by atoms with Gasteiger partial charge < -0.3 is 5.32 Å². The van der Waals surface area contributed by atoms with E-state index >= 15 is 0 Å². The van der Waals surface area contributed by atoms with Crippen LogP contribution in [0.15, 0.2) is 24.3 Å². The Kier molecular flexibility index (Phi) is 5.91. The smallest absolute Gasteiger partial charge is 0.242 e. The number of hydrogen-bond acceptors (Lipinski definition) is 4. The number of benzene rings is 1. The van der Waals surface area contributed by atoms with Crippen molar-refractivity contribution in [3.63, 3.8) is 0 Å². The lowest BCUT2D eigenvalue weighted by molar-refractivity contribution is -0.115. The van der Waals surface area contributed by atoms with E-state index in [2.05, 4.69) is 5.32 Å². The highest BCUT2D eigenvalue weighted by atomic mass is 32.2. The molecule has 1 aromatic carbocycles. The minimum absolute atomic E-state index is 0.00541. The number of hydrogen-bond donors (Lipinski definition) is 1. The van der Waals surface area contributed by atoms with E-state index in [0.29, 0.717) is 11.3 Å². The molecule has 5 nitrogen and oxygen atoms in total. The summed E-state index contributed by atoms with van der Waals surface area (Å²) >= 11 is 0. The summed E-state index contributed by atoms with van der Waals surface area (Å²) in [6, 6.07) is 8.25. The normalized spacial score (nSPS) is 14.0. The Morgan fingerprint density at radius 2 is 1.86 bits per heavy atom. The van der Waals surface area contributed by atoms with Crippen LogP contribution < -0.4 is 5.32 Å². The predicted octanol–water partition coefficient (Wildman–Crippen LogP) is 2.35. The van der Waals surface area contributed by atoms with Gasteiger partial charge in [0.1, 0.15) is 5.25 Å². The lowest BCUT2D eigenvalue weighted by Crippen LogP contribution is -2.35. The number of nitrogens with one attached hydrogen (secondary N) is 1. The number of rotatable bonds is 6. The van der Waals surface area contributed by atoms with Gasteiger partial charge in [-0.1, -0.05) is 20.3 Å². The van der Waals surface area contributed by atoms with Crippen LogP contribution in [0, 0.1) is 17.2 Å². The molecule has 0 heterocycles.